The molecule has 0 spiro atoms. The van der Waals surface area contributed by atoms with Crippen molar-refractivity contribution in [2.75, 3.05) is 19.5 Å². The molecule has 0 saturated carbocycles. The first-order valence-electron chi connectivity index (χ1n) is 9.19. The number of hydrogen-bond donors (Lipinski definition) is 3. The Kier molecular flexibility index (Phi) is 5.33. The number of fused-ring (bicyclic) bond motifs is 1. The fourth-order valence-electron chi connectivity index (χ4n) is 3.38. The Morgan fingerprint density at radius 1 is 1.24 bits per heavy atom. The second kappa shape index (κ2) is 7.91. The van der Waals surface area contributed by atoms with E-state index in [4.69, 9.17) is 19.9 Å². The van der Waals surface area contributed by atoms with Crippen molar-refractivity contribution in [1.82, 2.24) is 19.5 Å². The smallest absolute Gasteiger partial charge is 0.167 e. The topological polar surface area (TPSA) is 138 Å². The van der Waals surface area contributed by atoms with Gasteiger partial charge in [-0.15, -0.1) is 0 Å². The van der Waals surface area contributed by atoms with Gasteiger partial charge in [-0.3, -0.25) is 4.57 Å². The molecule has 2 aromatic heterocycles. The number of benzene rings is 1. The predicted octanol–water partition coefficient (Wildman–Crippen LogP) is 0.814. The second-order valence-electron chi connectivity index (χ2n) is 6.88. The van der Waals surface area contributed by atoms with Gasteiger partial charge in [0.2, 0.25) is 0 Å². The summed E-state index contributed by atoms with van der Waals surface area (Å²) in [4.78, 5) is 12.2. The molecule has 3 heterocycles. The van der Waals surface area contributed by atoms with Crippen LogP contribution in [-0.4, -0.2) is 61.8 Å². The van der Waals surface area contributed by atoms with E-state index in [9.17, 15) is 10.2 Å². The van der Waals surface area contributed by atoms with Gasteiger partial charge in [-0.2, -0.15) is 0 Å². The summed E-state index contributed by atoms with van der Waals surface area (Å²) in [5, 5.41) is 21.0. The molecule has 1 aliphatic heterocycles. The highest BCUT2D eigenvalue weighted by Crippen LogP contribution is 2.33. The van der Waals surface area contributed by atoms with Crippen LogP contribution in [-0.2, 0) is 9.47 Å². The minimum absolute atomic E-state index is 0.0941. The Hall–Kier alpha value is -2.79. The molecule has 10 nitrogen and oxygen atoms in total. The zero-order valence-electron chi connectivity index (χ0n) is 16.0. The zero-order valence-corrected chi connectivity index (χ0v) is 16.0. The molecule has 0 bridgehead atoms. The Morgan fingerprint density at radius 3 is 2.86 bits per heavy atom. The van der Waals surface area contributed by atoms with Crippen LogP contribution in [0, 0.1) is 0 Å². The van der Waals surface area contributed by atoms with E-state index in [1.54, 1.807) is 7.11 Å². The van der Waals surface area contributed by atoms with Crippen LogP contribution in [0.1, 0.15) is 24.8 Å². The van der Waals surface area contributed by atoms with Crippen LogP contribution in [0.25, 0.3) is 11.2 Å². The standard InChI is InChI=1S/C19H23N5O5/c1-10(11-4-3-5-12(6-11)27-2)28-7-13-15(25)16(26)19(29-13)24-9-23-14-17(20)21-8-22-18(14)24/h3-6,8-10,13,15-16,19,25-26H,7H2,1-2H3,(H2,20,21,22)/t10-,13+,15+,16+,19+/m0/s1. The third-order valence-corrected chi connectivity index (χ3v) is 5.07. The average molecular weight is 401 g/mol. The molecule has 0 radical (unpaired) electrons. The number of ether oxygens (including phenoxy) is 3. The number of nitrogens with zero attached hydrogens (tertiary/aromatic N) is 4. The van der Waals surface area contributed by atoms with Crippen LogP contribution in [0.15, 0.2) is 36.9 Å². The third kappa shape index (κ3) is 3.62. The second-order valence-corrected chi connectivity index (χ2v) is 6.88. The lowest BCUT2D eigenvalue weighted by atomic mass is 10.1. The lowest BCUT2D eigenvalue weighted by Crippen LogP contribution is -2.34. The average Bonchev–Trinajstić information content (AvgIpc) is 3.29. The van der Waals surface area contributed by atoms with Crippen LogP contribution >= 0.6 is 0 Å². The van der Waals surface area contributed by atoms with Crippen molar-refractivity contribution in [2.24, 2.45) is 0 Å². The third-order valence-electron chi connectivity index (χ3n) is 5.07. The van der Waals surface area contributed by atoms with Crippen LogP contribution in [0.5, 0.6) is 5.75 Å². The number of nitrogen functional groups attached to an aromatic ring is 1. The maximum Gasteiger partial charge on any atom is 0.167 e. The normalized spacial score (nSPS) is 25.4. The molecular weight excluding hydrogens is 378 g/mol. The summed E-state index contributed by atoms with van der Waals surface area (Å²) < 4.78 is 18.5. The molecule has 1 saturated heterocycles. The quantitative estimate of drug-likeness (QED) is 0.548. The number of hydrogen-bond acceptors (Lipinski definition) is 9. The summed E-state index contributed by atoms with van der Waals surface area (Å²) in [6, 6.07) is 7.55. The summed E-state index contributed by atoms with van der Waals surface area (Å²) in [5.41, 5.74) is 7.56. The SMILES string of the molecule is COc1cccc([C@H](C)OC[C@H]2O[C@@H](n3cnc4c(N)ncnc43)[C@H](O)[C@@H]2O)c1. The van der Waals surface area contributed by atoms with Crippen LogP contribution < -0.4 is 10.5 Å². The zero-order chi connectivity index (χ0) is 20.5. The molecule has 0 amide bonds. The van der Waals surface area contributed by atoms with Gasteiger partial charge in [-0.1, -0.05) is 12.1 Å². The molecule has 1 aromatic carbocycles. The molecule has 1 fully saturated rings. The lowest BCUT2D eigenvalue weighted by molar-refractivity contribution is -0.0788. The van der Waals surface area contributed by atoms with Crippen molar-refractivity contribution in [3.63, 3.8) is 0 Å². The first-order valence-corrected chi connectivity index (χ1v) is 9.19. The van der Waals surface area contributed by atoms with E-state index in [1.807, 2.05) is 31.2 Å². The Balaban J connectivity index is 1.46. The number of aliphatic hydroxyl groups excluding tert-OH is 2. The predicted molar refractivity (Wildman–Crippen MR) is 103 cm³/mol. The largest absolute Gasteiger partial charge is 0.497 e. The molecule has 3 aromatic rings. The fraction of sp³-hybridized carbons (Fsp3) is 0.421. The van der Waals surface area contributed by atoms with E-state index >= 15 is 0 Å². The lowest BCUT2D eigenvalue weighted by Gasteiger charge is -2.19. The van der Waals surface area contributed by atoms with Gasteiger partial charge in [0.25, 0.3) is 0 Å². The van der Waals surface area contributed by atoms with E-state index in [0.29, 0.717) is 11.2 Å². The number of imidazole rings is 1. The van der Waals surface area contributed by atoms with Gasteiger partial charge in [-0.05, 0) is 24.6 Å². The van der Waals surface area contributed by atoms with Crippen LogP contribution in [0.4, 0.5) is 5.82 Å². The highest BCUT2D eigenvalue weighted by molar-refractivity contribution is 5.81. The molecule has 29 heavy (non-hydrogen) atoms. The molecule has 154 valence electrons. The Bertz CT molecular complexity index is 996. The molecule has 4 rings (SSSR count). The van der Waals surface area contributed by atoms with Crippen molar-refractivity contribution < 1.29 is 24.4 Å². The van der Waals surface area contributed by atoms with Gasteiger partial charge in [0.05, 0.1) is 26.1 Å². The van der Waals surface area contributed by atoms with Gasteiger partial charge in [0.15, 0.2) is 17.7 Å². The van der Waals surface area contributed by atoms with E-state index in [0.717, 1.165) is 11.3 Å². The van der Waals surface area contributed by atoms with Gasteiger partial charge in [0, 0.05) is 0 Å². The molecule has 10 heteroatoms. The van der Waals surface area contributed by atoms with Crippen molar-refractivity contribution in [1.29, 1.82) is 0 Å². The molecule has 0 unspecified atom stereocenters. The monoisotopic (exact) mass is 401 g/mol. The van der Waals surface area contributed by atoms with Gasteiger partial charge < -0.3 is 30.2 Å². The first kappa shape index (κ1) is 19.5. The highest BCUT2D eigenvalue weighted by Gasteiger charge is 2.44. The molecule has 4 N–H and O–H groups in total. The van der Waals surface area contributed by atoms with Crippen LogP contribution in [0.3, 0.4) is 0 Å². The van der Waals surface area contributed by atoms with Crippen molar-refractivity contribution in [3.8, 4) is 5.75 Å². The van der Waals surface area contributed by atoms with E-state index in [-0.39, 0.29) is 18.5 Å². The maximum atomic E-state index is 10.5. The van der Waals surface area contributed by atoms with Gasteiger partial charge >= 0.3 is 0 Å². The highest BCUT2D eigenvalue weighted by atomic mass is 16.6. The summed E-state index contributed by atoms with van der Waals surface area (Å²) in [6.07, 6.45) is -1.38. The number of rotatable bonds is 6. The van der Waals surface area contributed by atoms with E-state index < -0.39 is 24.5 Å². The number of anilines is 1. The van der Waals surface area contributed by atoms with Gasteiger partial charge in [0.1, 0.15) is 35.9 Å². The summed E-state index contributed by atoms with van der Waals surface area (Å²) in [6.45, 7) is 1.99. The maximum absolute atomic E-state index is 10.5. The van der Waals surface area contributed by atoms with Crippen LogP contribution in [0.2, 0.25) is 0 Å². The van der Waals surface area contributed by atoms with Gasteiger partial charge in [-0.25, -0.2) is 15.0 Å². The molecule has 0 aliphatic carbocycles. The summed E-state index contributed by atoms with van der Waals surface area (Å²) in [7, 11) is 1.60. The molecule has 1 aliphatic rings. The Labute approximate surface area is 166 Å². The van der Waals surface area contributed by atoms with E-state index in [2.05, 4.69) is 15.0 Å². The first-order chi connectivity index (χ1) is 14.0. The minimum Gasteiger partial charge on any atom is -0.497 e. The molecular formula is C19H23N5O5. The number of aliphatic hydroxyl groups is 2. The van der Waals surface area contributed by atoms with Crippen molar-refractivity contribution in [3.05, 3.63) is 42.5 Å². The Morgan fingerprint density at radius 2 is 2.07 bits per heavy atom. The summed E-state index contributed by atoms with van der Waals surface area (Å²) in [5.74, 6) is 0.965. The minimum atomic E-state index is -1.18. The van der Waals surface area contributed by atoms with Crippen molar-refractivity contribution >= 4 is 17.0 Å². The van der Waals surface area contributed by atoms with E-state index in [1.165, 1.54) is 17.2 Å². The number of aromatic nitrogens is 4. The molecule has 5 atom stereocenters. The number of methoxy groups -OCH3 is 1. The number of nitrogens with two attached hydrogens (primary N) is 1. The summed E-state index contributed by atoms with van der Waals surface area (Å²) >= 11 is 0. The van der Waals surface area contributed by atoms with Crippen molar-refractivity contribution in [2.45, 2.75) is 37.6 Å². The fourth-order valence-corrected chi connectivity index (χ4v) is 3.38.